The summed E-state index contributed by atoms with van der Waals surface area (Å²) in [6.07, 6.45) is 25.2. The molecule has 0 aliphatic carbocycles. The summed E-state index contributed by atoms with van der Waals surface area (Å²) in [6.45, 7) is 18.2. The summed E-state index contributed by atoms with van der Waals surface area (Å²) in [6, 6.07) is 0. The molecular formula is C28H59N. The van der Waals surface area contributed by atoms with Crippen LogP contribution in [-0.2, 0) is 0 Å². The van der Waals surface area contributed by atoms with Crippen LogP contribution in [0.4, 0.5) is 0 Å². The Hall–Kier alpha value is -0.0400. The van der Waals surface area contributed by atoms with Crippen molar-refractivity contribution in [3.05, 3.63) is 0 Å². The van der Waals surface area contributed by atoms with Crippen LogP contribution in [0.3, 0.4) is 0 Å². The minimum absolute atomic E-state index is 0.324. The highest BCUT2D eigenvalue weighted by Gasteiger charge is 2.36. The van der Waals surface area contributed by atoms with Crippen LogP contribution in [-0.4, -0.2) is 22.5 Å². The molecule has 0 rings (SSSR count). The van der Waals surface area contributed by atoms with Gasteiger partial charge in [0.1, 0.15) is 0 Å². The standard InChI is InChI=1S/C28H59N/c1-8-11-14-15-16-17-18-19-20-21-22-23-26-29(27(4,5)24-12-9-2)28(6,7)25-13-10-3/h8-26H2,1-7H3. The fourth-order valence-corrected chi connectivity index (χ4v) is 5.02. The Bertz CT molecular complexity index is 324. The van der Waals surface area contributed by atoms with E-state index >= 15 is 0 Å². The van der Waals surface area contributed by atoms with E-state index in [1.165, 1.54) is 122 Å². The molecular weight excluding hydrogens is 350 g/mol. The van der Waals surface area contributed by atoms with Crippen LogP contribution in [0.2, 0.25) is 0 Å². The summed E-state index contributed by atoms with van der Waals surface area (Å²) < 4.78 is 0. The molecule has 29 heavy (non-hydrogen) atoms. The number of rotatable bonds is 21. The lowest BCUT2D eigenvalue weighted by molar-refractivity contribution is 0.00199. The number of hydrogen-bond donors (Lipinski definition) is 0. The molecule has 0 aromatic carbocycles. The third-order valence-corrected chi connectivity index (χ3v) is 6.98. The van der Waals surface area contributed by atoms with Gasteiger partial charge in [0.05, 0.1) is 0 Å². The monoisotopic (exact) mass is 409 g/mol. The second-order valence-electron chi connectivity index (χ2n) is 10.9. The molecule has 0 aliphatic rings. The van der Waals surface area contributed by atoms with Crippen molar-refractivity contribution in [3.63, 3.8) is 0 Å². The van der Waals surface area contributed by atoms with Gasteiger partial charge in [0.2, 0.25) is 0 Å². The van der Waals surface area contributed by atoms with Gasteiger partial charge in [-0.05, 0) is 53.5 Å². The topological polar surface area (TPSA) is 3.24 Å². The van der Waals surface area contributed by atoms with Gasteiger partial charge in [0.15, 0.2) is 0 Å². The maximum atomic E-state index is 2.88. The van der Waals surface area contributed by atoms with Gasteiger partial charge in [0.25, 0.3) is 0 Å². The SMILES string of the molecule is CCCCCCCCCCCCCCN(C(C)(C)CCCC)C(C)(C)CCCC. The molecule has 1 heteroatoms. The highest BCUT2D eigenvalue weighted by molar-refractivity contribution is 4.92. The zero-order valence-corrected chi connectivity index (χ0v) is 21.9. The average Bonchev–Trinajstić information content (AvgIpc) is 2.68. The zero-order chi connectivity index (χ0) is 22.0. The minimum Gasteiger partial charge on any atom is -0.293 e. The van der Waals surface area contributed by atoms with Crippen molar-refractivity contribution in [2.45, 2.75) is 175 Å². The second-order valence-corrected chi connectivity index (χ2v) is 10.9. The summed E-state index contributed by atoms with van der Waals surface area (Å²) in [5.41, 5.74) is 0.649. The van der Waals surface area contributed by atoms with Crippen LogP contribution >= 0.6 is 0 Å². The molecule has 0 spiro atoms. The quantitative estimate of drug-likeness (QED) is 0.170. The Kier molecular flexibility index (Phi) is 17.6. The molecule has 0 unspecified atom stereocenters. The summed E-state index contributed by atoms with van der Waals surface area (Å²) in [7, 11) is 0. The Morgan fingerprint density at radius 2 is 0.724 bits per heavy atom. The molecule has 0 aromatic heterocycles. The minimum atomic E-state index is 0.324. The van der Waals surface area contributed by atoms with Crippen molar-refractivity contribution in [2.75, 3.05) is 6.54 Å². The fourth-order valence-electron chi connectivity index (χ4n) is 5.02. The molecule has 0 aromatic rings. The third-order valence-electron chi connectivity index (χ3n) is 6.98. The lowest BCUT2D eigenvalue weighted by atomic mass is 9.85. The van der Waals surface area contributed by atoms with Gasteiger partial charge < -0.3 is 0 Å². The maximum Gasteiger partial charge on any atom is 0.0158 e. The van der Waals surface area contributed by atoms with Gasteiger partial charge >= 0.3 is 0 Å². The zero-order valence-electron chi connectivity index (χ0n) is 21.9. The molecule has 1 nitrogen and oxygen atoms in total. The summed E-state index contributed by atoms with van der Waals surface area (Å²) in [4.78, 5) is 2.88. The molecule has 0 aliphatic heterocycles. The summed E-state index contributed by atoms with van der Waals surface area (Å²) in [5, 5.41) is 0. The lowest BCUT2D eigenvalue weighted by Gasteiger charge is -2.49. The van der Waals surface area contributed by atoms with E-state index in [2.05, 4.69) is 53.4 Å². The molecule has 0 radical (unpaired) electrons. The summed E-state index contributed by atoms with van der Waals surface area (Å²) >= 11 is 0. The Morgan fingerprint density at radius 1 is 0.414 bits per heavy atom. The van der Waals surface area contributed by atoms with Crippen LogP contribution in [0.15, 0.2) is 0 Å². The number of unbranched alkanes of at least 4 members (excludes halogenated alkanes) is 13. The molecule has 0 bridgehead atoms. The molecule has 0 atom stereocenters. The van der Waals surface area contributed by atoms with Gasteiger partial charge in [-0.15, -0.1) is 0 Å². The van der Waals surface area contributed by atoms with E-state index in [0.717, 1.165) is 0 Å². The van der Waals surface area contributed by atoms with Crippen molar-refractivity contribution in [1.82, 2.24) is 4.90 Å². The first-order valence-electron chi connectivity index (χ1n) is 13.6. The highest BCUT2D eigenvalue weighted by atomic mass is 15.2. The predicted molar refractivity (Wildman–Crippen MR) is 135 cm³/mol. The van der Waals surface area contributed by atoms with E-state index in [9.17, 15) is 0 Å². The maximum absolute atomic E-state index is 2.88. The predicted octanol–water partition coefficient (Wildman–Crippen LogP) is 9.93. The van der Waals surface area contributed by atoms with E-state index in [0.29, 0.717) is 11.1 Å². The van der Waals surface area contributed by atoms with Crippen molar-refractivity contribution in [2.24, 2.45) is 0 Å². The van der Waals surface area contributed by atoms with E-state index in [-0.39, 0.29) is 0 Å². The van der Waals surface area contributed by atoms with E-state index in [1.807, 2.05) is 0 Å². The van der Waals surface area contributed by atoms with Crippen molar-refractivity contribution in [1.29, 1.82) is 0 Å². The second kappa shape index (κ2) is 17.6. The van der Waals surface area contributed by atoms with Crippen LogP contribution in [0.1, 0.15) is 164 Å². The van der Waals surface area contributed by atoms with Gasteiger partial charge in [-0.25, -0.2) is 0 Å². The van der Waals surface area contributed by atoms with Crippen molar-refractivity contribution in [3.8, 4) is 0 Å². The number of nitrogens with zero attached hydrogens (tertiary/aromatic N) is 1. The molecule has 0 fully saturated rings. The Labute approximate surface area is 186 Å². The van der Waals surface area contributed by atoms with Crippen molar-refractivity contribution < 1.29 is 0 Å². The average molecular weight is 410 g/mol. The van der Waals surface area contributed by atoms with Crippen LogP contribution in [0.5, 0.6) is 0 Å². The van der Waals surface area contributed by atoms with Gasteiger partial charge in [-0.1, -0.05) is 117 Å². The smallest absolute Gasteiger partial charge is 0.0158 e. The van der Waals surface area contributed by atoms with E-state index < -0.39 is 0 Å². The van der Waals surface area contributed by atoms with E-state index in [1.54, 1.807) is 0 Å². The fraction of sp³-hybridized carbons (Fsp3) is 1.00. The first-order chi connectivity index (χ1) is 13.8. The Balaban J connectivity index is 4.17. The van der Waals surface area contributed by atoms with Gasteiger partial charge in [-0.3, -0.25) is 4.90 Å². The Morgan fingerprint density at radius 3 is 1.07 bits per heavy atom. The lowest BCUT2D eigenvalue weighted by Crippen LogP contribution is -2.55. The number of hydrogen-bond acceptors (Lipinski definition) is 1. The molecule has 176 valence electrons. The van der Waals surface area contributed by atoms with Crippen molar-refractivity contribution >= 4 is 0 Å². The summed E-state index contributed by atoms with van der Waals surface area (Å²) in [5.74, 6) is 0. The first-order valence-corrected chi connectivity index (χ1v) is 13.6. The van der Waals surface area contributed by atoms with Gasteiger partial charge in [-0.2, -0.15) is 0 Å². The first kappa shape index (κ1) is 29.0. The third kappa shape index (κ3) is 14.6. The normalized spacial score (nSPS) is 12.8. The highest BCUT2D eigenvalue weighted by Crippen LogP contribution is 2.33. The molecule has 0 amide bonds. The molecule has 0 N–H and O–H groups in total. The molecule has 0 heterocycles. The van der Waals surface area contributed by atoms with Gasteiger partial charge in [0, 0.05) is 11.1 Å². The molecule has 0 saturated carbocycles. The largest absolute Gasteiger partial charge is 0.293 e. The van der Waals surface area contributed by atoms with Crippen LogP contribution in [0, 0.1) is 0 Å². The van der Waals surface area contributed by atoms with E-state index in [4.69, 9.17) is 0 Å². The van der Waals surface area contributed by atoms with Crippen LogP contribution in [0.25, 0.3) is 0 Å². The molecule has 0 saturated heterocycles. The van der Waals surface area contributed by atoms with Crippen LogP contribution < -0.4 is 0 Å².